The molecule has 32 heavy (non-hydrogen) atoms. The molecule has 2 aromatic rings. The Kier molecular flexibility index (Phi) is 5.27. The van der Waals surface area contributed by atoms with E-state index in [2.05, 4.69) is 4.74 Å². The number of rotatable bonds is 4. The van der Waals surface area contributed by atoms with E-state index in [0.717, 1.165) is 22.4 Å². The van der Waals surface area contributed by atoms with Gasteiger partial charge in [0.2, 0.25) is 6.17 Å². The Bertz CT molecular complexity index is 1020. The van der Waals surface area contributed by atoms with Crippen LogP contribution in [0.25, 0.3) is 0 Å². The maximum atomic E-state index is 14.9. The molecule has 1 saturated heterocycles. The van der Waals surface area contributed by atoms with Crippen LogP contribution in [0.15, 0.2) is 36.4 Å². The molecule has 3 atom stereocenters. The molecular weight excluding hydrogens is 439 g/mol. The summed E-state index contributed by atoms with van der Waals surface area (Å²) >= 11 is 0. The molecule has 0 aromatic heterocycles. The van der Waals surface area contributed by atoms with Gasteiger partial charge in [0.25, 0.3) is 5.92 Å². The summed E-state index contributed by atoms with van der Waals surface area (Å²) in [6, 6.07) is 10.7. The number of aryl methyl sites for hydroxylation is 3. The van der Waals surface area contributed by atoms with Gasteiger partial charge in [-0.15, -0.1) is 0 Å². The van der Waals surface area contributed by atoms with E-state index < -0.39 is 42.6 Å². The molecule has 0 N–H and O–H groups in total. The molecule has 0 aliphatic carbocycles. The van der Waals surface area contributed by atoms with Crippen molar-refractivity contribution in [3.63, 3.8) is 0 Å². The zero-order chi connectivity index (χ0) is 23.6. The van der Waals surface area contributed by atoms with Crippen molar-refractivity contribution in [2.45, 2.75) is 63.3 Å². The Morgan fingerprint density at radius 1 is 1.03 bits per heavy atom. The van der Waals surface area contributed by atoms with Gasteiger partial charge in [0.1, 0.15) is 0 Å². The van der Waals surface area contributed by atoms with E-state index in [4.69, 9.17) is 0 Å². The summed E-state index contributed by atoms with van der Waals surface area (Å²) in [6.07, 6.45) is -13.5. The van der Waals surface area contributed by atoms with Gasteiger partial charge in [0.05, 0.1) is 0 Å². The predicted molar refractivity (Wildman–Crippen MR) is 106 cm³/mol. The van der Waals surface area contributed by atoms with Crippen molar-refractivity contribution in [2.75, 3.05) is 11.4 Å². The lowest BCUT2D eigenvalue weighted by Gasteiger charge is -2.28. The maximum absolute atomic E-state index is 14.9. The summed E-state index contributed by atoms with van der Waals surface area (Å²) in [5, 5.41) is 0. The van der Waals surface area contributed by atoms with Crippen LogP contribution >= 0.6 is 0 Å². The van der Waals surface area contributed by atoms with Crippen LogP contribution in [0.2, 0.25) is 0 Å². The molecule has 2 nitrogen and oxygen atoms in total. The Labute approximate surface area is 181 Å². The molecule has 2 aliphatic heterocycles. The van der Waals surface area contributed by atoms with Crippen molar-refractivity contribution in [1.29, 1.82) is 0 Å². The molecule has 0 spiro atoms. The molecule has 1 fully saturated rings. The summed E-state index contributed by atoms with van der Waals surface area (Å²) in [5.74, 6) is -10.5. The van der Waals surface area contributed by atoms with Gasteiger partial charge in [0, 0.05) is 30.3 Å². The largest absolute Gasteiger partial charge is 0.423 e. The van der Waals surface area contributed by atoms with Gasteiger partial charge in [-0.1, -0.05) is 35.9 Å². The second kappa shape index (κ2) is 7.37. The lowest BCUT2D eigenvalue weighted by Crippen LogP contribution is -2.45. The highest BCUT2D eigenvalue weighted by molar-refractivity contribution is 5.75. The van der Waals surface area contributed by atoms with E-state index in [9.17, 15) is 30.7 Å². The van der Waals surface area contributed by atoms with Crippen LogP contribution in [0, 0.1) is 20.8 Å². The quantitative estimate of drug-likeness (QED) is 0.463. The van der Waals surface area contributed by atoms with Gasteiger partial charge < -0.3 is 9.64 Å². The smallest absolute Gasteiger partial charge is 0.340 e. The molecule has 0 saturated carbocycles. The summed E-state index contributed by atoms with van der Waals surface area (Å²) in [5.41, 5.74) is 4.88. The van der Waals surface area contributed by atoms with Gasteiger partial charge in [-0.3, -0.25) is 0 Å². The van der Waals surface area contributed by atoms with Gasteiger partial charge in [0.15, 0.2) is 6.10 Å². The SMILES string of the molecule is Cc1cc(C)c(N2CC(CC(F)(F)C3OC(F)(F)C(F)(F)C3F)c3ccccc32)c(C)c1. The molecule has 174 valence electrons. The number of fused-ring (bicyclic) bond motifs is 1. The Morgan fingerprint density at radius 2 is 1.62 bits per heavy atom. The van der Waals surface area contributed by atoms with E-state index in [-0.39, 0.29) is 6.54 Å². The Morgan fingerprint density at radius 3 is 2.19 bits per heavy atom. The molecule has 4 rings (SSSR count). The Balaban J connectivity index is 1.66. The molecule has 0 radical (unpaired) electrons. The zero-order valence-corrected chi connectivity index (χ0v) is 17.6. The molecule has 2 heterocycles. The number of hydrogen-bond acceptors (Lipinski definition) is 2. The van der Waals surface area contributed by atoms with Gasteiger partial charge in [-0.2, -0.15) is 17.6 Å². The lowest BCUT2D eigenvalue weighted by molar-refractivity contribution is -0.323. The zero-order valence-electron chi connectivity index (χ0n) is 17.6. The first-order valence-corrected chi connectivity index (χ1v) is 10.2. The minimum absolute atomic E-state index is 0.0656. The van der Waals surface area contributed by atoms with Gasteiger partial charge in [-0.25, -0.2) is 13.2 Å². The molecular formula is C23H22F7NO. The van der Waals surface area contributed by atoms with Crippen LogP contribution < -0.4 is 4.90 Å². The number of hydrogen-bond donors (Lipinski definition) is 0. The molecule has 0 bridgehead atoms. The van der Waals surface area contributed by atoms with Crippen LogP contribution in [-0.4, -0.2) is 36.8 Å². The van der Waals surface area contributed by atoms with Crippen molar-refractivity contribution < 1.29 is 35.5 Å². The summed E-state index contributed by atoms with van der Waals surface area (Å²) in [4.78, 5) is 1.85. The summed E-state index contributed by atoms with van der Waals surface area (Å²) < 4.78 is 101. The van der Waals surface area contributed by atoms with Crippen molar-refractivity contribution in [1.82, 2.24) is 0 Å². The minimum Gasteiger partial charge on any atom is -0.340 e. The number of ether oxygens (including phenoxy) is 1. The second-order valence-electron chi connectivity index (χ2n) is 8.66. The number of para-hydroxylation sites is 1. The van der Waals surface area contributed by atoms with Crippen molar-refractivity contribution in [3.05, 3.63) is 58.7 Å². The standard InChI is InChI=1S/C23H22F7NO/c1-12-8-13(2)18(14(3)9-12)31-11-15(16-6-4-5-7-17(16)31)10-21(25,26)20-19(24)22(27,28)23(29,30)32-20/h4-9,15,19-20H,10-11H2,1-3H3. The molecule has 2 aromatic carbocycles. The Hall–Kier alpha value is -2.29. The number of benzene rings is 2. The third-order valence-electron chi connectivity index (χ3n) is 6.19. The molecule has 3 unspecified atom stereocenters. The number of halogens is 7. The van der Waals surface area contributed by atoms with E-state index in [1.54, 1.807) is 24.3 Å². The summed E-state index contributed by atoms with van der Waals surface area (Å²) in [6.45, 7) is 5.79. The van der Waals surface area contributed by atoms with Crippen LogP contribution in [0.4, 0.5) is 42.1 Å². The molecule has 0 amide bonds. The maximum Gasteiger partial charge on any atom is 0.423 e. The average molecular weight is 461 g/mol. The third kappa shape index (κ3) is 3.45. The summed E-state index contributed by atoms with van der Waals surface area (Å²) in [7, 11) is 0. The van der Waals surface area contributed by atoms with E-state index >= 15 is 0 Å². The number of alkyl halides is 7. The van der Waals surface area contributed by atoms with Crippen LogP contribution in [-0.2, 0) is 4.74 Å². The normalized spacial score (nSPS) is 26.4. The fourth-order valence-corrected chi connectivity index (χ4v) is 4.87. The third-order valence-corrected chi connectivity index (χ3v) is 6.19. The topological polar surface area (TPSA) is 12.5 Å². The second-order valence-corrected chi connectivity index (χ2v) is 8.66. The average Bonchev–Trinajstić information content (AvgIpc) is 3.09. The molecule has 9 heteroatoms. The first-order valence-electron chi connectivity index (χ1n) is 10.2. The van der Waals surface area contributed by atoms with Crippen LogP contribution in [0.1, 0.15) is 34.6 Å². The van der Waals surface area contributed by atoms with E-state index in [1.807, 2.05) is 37.8 Å². The van der Waals surface area contributed by atoms with Gasteiger partial charge in [-0.05, 0) is 43.5 Å². The van der Waals surface area contributed by atoms with Crippen LogP contribution in [0.3, 0.4) is 0 Å². The molecule has 2 aliphatic rings. The highest BCUT2D eigenvalue weighted by Gasteiger charge is 2.76. The minimum atomic E-state index is -5.32. The number of nitrogens with zero attached hydrogens (tertiary/aromatic N) is 1. The first-order chi connectivity index (χ1) is 14.8. The lowest BCUT2D eigenvalue weighted by atomic mass is 9.91. The van der Waals surface area contributed by atoms with E-state index in [0.29, 0.717) is 11.3 Å². The van der Waals surface area contributed by atoms with Crippen molar-refractivity contribution in [2.24, 2.45) is 0 Å². The van der Waals surface area contributed by atoms with Crippen molar-refractivity contribution in [3.8, 4) is 0 Å². The first kappa shape index (κ1) is 22.9. The van der Waals surface area contributed by atoms with Crippen molar-refractivity contribution >= 4 is 11.4 Å². The highest BCUT2D eigenvalue weighted by atomic mass is 19.3. The predicted octanol–water partition coefficient (Wildman–Crippen LogP) is 6.84. The fourth-order valence-electron chi connectivity index (χ4n) is 4.87. The monoisotopic (exact) mass is 461 g/mol. The number of anilines is 2. The van der Waals surface area contributed by atoms with Crippen LogP contribution in [0.5, 0.6) is 0 Å². The fraction of sp³-hybridized carbons (Fsp3) is 0.478. The highest BCUT2D eigenvalue weighted by Crippen LogP contribution is 2.54. The van der Waals surface area contributed by atoms with Gasteiger partial charge >= 0.3 is 12.0 Å². The van der Waals surface area contributed by atoms with E-state index in [1.165, 1.54) is 0 Å².